The molecule has 3 rings (SSSR count). The van der Waals surface area contributed by atoms with Crippen molar-refractivity contribution in [3.05, 3.63) is 34.3 Å². The van der Waals surface area contributed by atoms with Gasteiger partial charge in [0.15, 0.2) is 5.96 Å². The quantitative estimate of drug-likeness (QED) is 0.225. The normalized spacial score (nSPS) is 18.2. The largest absolute Gasteiger partial charge is 0.357 e. The van der Waals surface area contributed by atoms with Crippen molar-refractivity contribution in [2.75, 3.05) is 32.7 Å². The summed E-state index contributed by atoms with van der Waals surface area (Å²) in [6.07, 6.45) is 5.05. The minimum Gasteiger partial charge on any atom is -0.357 e. The highest BCUT2D eigenvalue weighted by molar-refractivity contribution is 14.0. The van der Waals surface area contributed by atoms with Gasteiger partial charge in [-0.05, 0) is 44.2 Å². The Morgan fingerprint density at radius 1 is 1.30 bits per heavy atom. The highest BCUT2D eigenvalue weighted by Gasteiger charge is 2.45. The molecule has 0 unspecified atom stereocenters. The predicted octanol–water partition coefficient (Wildman–Crippen LogP) is 3.67. The first-order chi connectivity index (χ1) is 12.6. The molecular weight excluding hydrogens is 519 g/mol. The maximum atomic E-state index is 11.7. The van der Waals surface area contributed by atoms with Crippen LogP contribution in [0.5, 0.6) is 0 Å². The van der Waals surface area contributed by atoms with Crippen molar-refractivity contribution in [2.24, 2.45) is 4.99 Å². The lowest BCUT2D eigenvalue weighted by Crippen LogP contribution is -2.39. The molecular formula is C20H30BrIN4O. The van der Waals surface area contributed by atoms with E-state index in [9.17, 15) is 4.79 Å². The molecule has 1 aromatic rings. The van der Waals surface area contributed by atoms with Crippen LogP contribution in [-0.4, -0.2) is 49.5 Å². The standard InChI is InChI=1S/C20H29BrN4O.HI/c1-2-22-19(23-12-6-14-25-13-5-9-18(25)26)24-15-20(10-11-20)16-7-3-4-8-17(16)21;/h3-4,7-8H,2,5-6,9-15H2,1H3,(H2,22,23,24);1H. The summed E-state index contributed by atoms with van der Waals surface area (Å²) in [5, 5.41) is 6.75. The van der Waals surface area contributed by atoms with Crippen LogP contribution < -0.4 is 10.6 Å². The van der Waals surface area contributed by atoms with E-state index in [0.717, 1.165) is 51.5 Å². The van der Waals surface area contributed by atoms with Crippen molar-refractivity contribution in [3.8, 4) is 0 Å². The zero-order valence-corrected chi connectivity index (χ0v) is 19.9. The van der Waals surface area contributed by atoms with Crippen LogP contribution in [0.3, 0.4) is 0 Å². The number of amides is 1. The van der Waals surface area contributed by atoms with Gasteiger partial charge in [-0.3, -0.25) is 9.79 Å². The molecule has 5 nitrogen and oxygen atoms in total. The summed E-state index contributed by atoms with van der Waals surface area (Å²) in [5.74, 6) is 1.17. The Bertz CT molecular complexity index is 663. The van der Waals surface area contributed by atoms with E-state index in [-0.39, 0.29) is 29.4 Å². The first kappa shape index (κ1) is 22.5. The van der Waals surface area contributed by atoms with E-state index in [4.69, 9.17) is 4.99 Å². The Balaban J connectivity index is 0.00000261. The molecule has 0 aromatic heterocycles. The van der Waals surface area contributed by atoms with Gasteiger partial charge < -0.3 is 15.5 Å². The maximum absolute atomic E-state index is 11.7. The summed E-state index contributed by atoms with van der Waals surface area (Å²) < 4.78 is 1.18. The number of likely N-dealkylation sites (tertiary alicyclic amines) is 1. The lowest BCUT2D eigenvalue weighted by atomic mass is 9.96. The molecule has 27 heavy (non-hydrogen) atoms. The van der Waals surface area contributed by atoms with Crippen molar-refractivity contribution < 1.29 is 4.79 Å². The van der Waals surface area contributed by atoms with Crippen LogP contribution in [-0.2, 0) is 10.2 Å². The van der Waals surface area contributed by atoms with Crippen LogP contribution in [0.25, 0.3) is 0 Å². The molecule has 2 N–H and O–H groups in total. The first-order valence-corrected chi connectivity index (χ1v) is 10.5. The topological polar surface area (TPSA) is 56.7 Å². The molecule has 1 aliphatic carbocycles. The third kappa shape index (κ3) is 6.07. The lowest BCUT2D eigenvalue weighted by molar-refractivity contribution is -0.127. The molecule has 1 heterocycles. The zero-order chi connectivity index (χ0) is 18.4. The van der Waals surface area contributed by atoms with Crippen LogP contribution in [0, 0.1) is 0 Å². The fourth-order valence-corrected chi connectivity index (χ4v) is 4.25. The number of guanidine groups is 1. The Morgan fingerprint density at radius 3 is 2.70 bits per heavy atom. The number of carbonyl (C=O) groups is 1. The molecule has 1 saturated carbocycles. The monoisotopic (exact) mass is 548 g/mol. The maximum Gasteiger partial charge on any atom is 0.222 e. The number of rotatable bonds is 8. The number of carbonyl (C=O) groups excluding carboxylic acids is 1. The molecule has 1 aromatic carbocycles. The summed E-state index contributed by atoms with van der Waals surface area (Å²) >= 11 is 3.69. The van der Waals surface area contributed by atoms with Gasteiger partial charge in [-0.15, -0.1) is 24.0 Å². The lowest BCUT2D eigenvalue weighted by Gasteiger charge is -2.18. The fraction of sp³-hybridized carbons (Fsp3) is 0.600. The summed E-state index contributed by atoms with van der Waals surface area (Å²) in [6.45, 7) is 6.32. The second kappa shape index (κ2) is 10.6. The molecule has 0 radical (unpaired) electrons. The van der Waals surface area contributed by atoms with E-state index in [1.807, 2.05) is 4.90 Å². The van der Waals surface area contributed by atoms with E-state index in [1.54, 1.807) is 0 Å². The third-order valence-corrected chi connectivity index (χ3v) is 5.94. The number of halogens is 2. The van der Waals surface area contributed by atoms with Crippen molar-refractivity contribution in [3.63, 3.8) is 0 Å². The van der Waals surface area contributed by atoms with Crippen LogP contribution in [0.1, 0.15) is 44.6 Å². The fourth-order valence-electron chi connectivity index (χ4n) is 3.54. The first-order valence-electron chi connectivity index (χ1n) is 9.69. The summed E-state index contributed by atoms with van der Waals surface area (Å²) in [6, 6.07) is 8.48. The Morgan fingerprint density at radius 2 is 2.07 bits per heavy atom. The molecule has 7 heteroatoms. The smallest absolute Gasteiger partial charge is 0.222 e. The van der Waals surface area contributed by atoms with E-state index in [1.165, 1.54) is 22.9 Å². The average Bonchev–Trinajstić information content (AvgIpc) is 3.32. The van der Waals surface area contributed by atoms with Gasteiger partial charge in [0.05, 0.1) is 6.54 Å². The van der Waals surface area contributed by atoms with Gasteiger partial charge in [0.1, 0.15) is 0 Å². The van der Waals surface area contributed by atoms with Crippen molar-refractivity contribution >= 4 is 51.8 Å². The molecule has 0 spiro atoms. The van der Waals surface area contributed by atoms with Gasteiger partial charge in [-0.25, -0.2) is 0 Å². The molecule has 150 valence electrons. The number of benzene rings is 1. The Kier molecular flexibility index (Phi) is 8.85. The zero-order valence-electron chi connectivity index (χ0n) is 16.0. The molecule has 1 amide bonds. The molecule has 2 fully saturated rings. The minimum atomic E-state index is 0. The van der Waals surface area contributed by atoms with Crippen molar-refractivity contribution in [1.29, 1.82) is 0 Å². The number of hydrogen-bond donors (Lipinski definition) is 2. The number of nitrogens with zero attached hydrogens (tertiary/aromatic N) is 2. The average molecular weight is 549 g/mol. The SMILES string of the molecule is CCNC(=NCC1(c2ccccc2Br)CC1)NCCCN1CCCC1=O.I. The summed E-state index contributed by atoms with van der Waals surface area (Å²) in [5.41, 5.74) is 1.55. The van der Waals surface area contributed by atoms with Gasteiger partial charge >= 0.3 is 0 Å². The van der Waals surface area contributed by atoms with Gasteiger partial charge in [0, 0.05) is 42.5 Å². The number of aliphatic imine (C=N–C) groups is 1. The molecule has 0 bridgehead atoms. The summed E-state index contributed by atoms with van der Waals surface area (Å²) in [7, 11) is 0. The predicted molar refractivity (Wildman–Crippen MR) is 125 cm³/mol. The van der Waals surface area contributed by atoms with Crippen LogP contribution in [0.15, 0.2) is 33.7 Å². The van der Waals surface area contributed by atoms with Crippen molar-refractivity contribution in [1.82, 2.24) is 15.5 Å². The van der Waals surface area contributed by atoms with Crippen LogP contribution in [0.2, 0.25) is 0 Å². The van der Waals surface area contributed by atoms with Crippen LogP contribution >= 0.6 is 39.9 Å². The van der Waals surface area contributed by atoms with E-state index >= 15 is 0 Å². The Labute approximate surface area is 187 Å². The third-order valence-electron chi connectivity index (χ3n) is 5.25. The van der Waals surface area contributed by atoms with Crippen molar-refractivity contribution in [2.45, 2.75) is 44.4 Å². The second-order valence-electron chi connectivity index (χ2n) is 7.22. The number of hydrogen-bond acceptors (Lipinski definition) is 2. The van der Waals surface area contributed by atoms with Crippen LogP contribution in [0.4, 0.5) is 0 Å². The van der Waals surface area contributed by atoms with Gasteiger partial charge in [-0.1, -0.05) is 34.1 Å². The second-order valence-corrected chi connectivity index (χ2v) is 8.07. The van der Waals surface area contributed by atoms with Gasteiger partial charge in [0.25, 0.3) is 0 Å². The molecule has 0 atom stereocenters. The molecule has 1 aliphatic heterocycles. The van der Waals surface area contributed by atoms with E-state index < -0.39 is 0 Å². The number of nitrogens with one attached hydrogen (secondary N) is 2. The van der Waals surface area contributed by atoms with E-state index in [2.05, 4.69) is 57.8 Å². The highest BCUT2D eigenvalue weighted by Crippen LogP contribution is 2.50. The van der Waals surface area contributed by atoms with Gasteiger partial charge in [-0.2, -0.15) is 0 Å². The van der Waals surface area contributed by atoms with E-state index in [0.29, 0.717) is 12.3 Å². The molecule has 2 aliphatic rings. The Hall–Kier alpha value is -0.830. The summed E-state index contributed by atoms with van der Waals surface area (Å²) in [4.78, 5) is 18.5. The highest BCUT2D eigenvalue weighted by atomic mass is 127. The van der Waals surface area contributed by atoms with Gasteiger partial charge in [0.2, 0.25) is 5.91 Å². The minimum absolute atomic E-state index is 0. The molecule has 1 saturated heterocycles.